The molecule has 0 bridgehead atoms. The Hall–Kier alpha value is -0.910. The molecule has 1 aromatic carbocycles. The standard InChI is InChI=1S/C11H10BrClFN3/c1-17-5-4-16-11(17)10(15)6-2-3-7(12)8(13)9(6)14/h2-5,10H,15H2,1H3. The lowest BCUT2D eigenvalue weighted by Gasteiger charge is -2.14. The van der Waals surface area contributed by atoms with Gasteiger partial charge in [-0.05, 0) is 22.0 Å². The Morgan fingerprint density at radius 1 is 1.53 bits per heavy atom. The molecule has 0 amide bonds. The van der Waals surface area contributed by atoms with E-state index < -0.39 is 11.9 Å². The molecule has 3 nitrogen and oxygen atoms in total. The molecule has 1 aromatic heterocycles. The van der Waals surface area contributed by atoms with Crippen molar-refractivity contribution in [1.82, 2.24) is 9.55 Å². The van der Waals surface area contributed by atoms with Crippen molar-refractivity contribution in [3.63, 3.8) is 0 Å². The average Bonchev–Trinajstić information content (AvgIpc) is 2.72. The van der Waals surface area contributed by atoms with Crippen molar-refractivity contribution in [3.8, 4) is 0 Å². The van der Waals surface area contributed by atoms with Crippen LogP contribution < -0.4 is 5.73 Å². The SMILES string of the molecule is Cn1ccnc1C(N)c1ccc(Br)c(Cl)c1F. The summed E-state index contributed by atoms with van der Waals surface area (Å²) in [7, 11) is 1.81. The first-order valence-corrected chi connectivity index (χ1v) is 6.05. The van der Waals surface area contributed by atoms with Gasteiger partial charge in [0.25, 0.3) is 0 Å². The molecule has 1 atom stereocenters. The van der Waals surface area contributed by atoms with Crippen molar-refractivity contribution < 1.29 is 4.39 Å². The molecule has 0 fully saturated rings. The molecular weight excluding hydrogens is 308 g/mol. The van der Waals surface area contributed by atoms with Crippen LogP contribution in [0.2, 0.25) is 5.02 Å². The van der Waals surface area contributed by atoms with E-state index in [1.54, 1.807) is 36.1 Å². The zero-order valence-corrected chi connectivity index (χ0v) is 11.3. The molecule has 1 unspecified atom stereocenters. The van der Waals surface area contributed by atoms with E-state index in [1.165, 1.54) is 0 Å². The first-order chi connectivity index (χ1) is 8.02. The van der Waals surface area contributed by atoms with Crippen LogP contribution in [-0.4, -0.2) is 9.55 Å². The molecule has 0 saturated heterocycles. The third-order valence-electron chi connectivity index (χ3n) is 2.54. The van der Waals surface area contributed by atoms with E-state index in [1.807, 2.05) is 0 Å². The summed E-state index contributed by atoms with van der Waals surface area (Å²) < 4.78 is 16.2. The fourth-order valence-electron chi connectivity index (χ4n) is 1.60. The van der Waals surface area contributed by atoms with Crippen molar-refractivity contribution in [2.75, 3.05) is 0 Å². The second-order valence-corrected chi connectivity index (χ2v) is 4.87. The summed E-state index contributed by atoms with van der Waals surface area (Å²) in [5, 5.41) is 0.0344. The summed E-state index contributed by atoms with van der Waals surface area (Å²) in [4.78, 5) is 4.10. The largest absolute Gasteiger partial charge is 0.336 e. The fraction of sp³-hybridized carbons (Fsp3) is 0.182. The van der Waals surface area contributed by atoms with Crippen LogP contribution in [0.4, 0.5) is 4.39 Å². The lowest BCUT2D eigenvalue weighted by atomic mass is 10.1. The van der Waals surface area contributed by atoms with Crippen LogP contribution in [0.15, 0.2) is 29.0 Å². The maximum absolute atomic E-state index is 14.0. The van der Waals surface area contributed by atoms with Gasteiger partial charge < -0.3 is 10.3 Å². The van der Waals surface area contributed by atoms with Gasteiger partial charge in [0.2, 0.25) is 0 Å². The van der Waals surface area contributed by atoms with Gasteiger partial charge in [0, 0.05) is 29.5 Å². The van der Waals surface area contributed by atoms with E-state index in [4.69, 9.17) is 17.3 Å². The number of hydrogen-bond acceptors (Lipinski definition) is 2. The molecule has 0 saturated carbocycles. The number of benzene rings is 1. The van der Waals surface area contributed by atoms with Crippen LogP contribution >= 0.6 is 27.5 Å². The monoisotopic (exact) mass is 317 g/mol. The van der Waals surface area contributed by atoms with Crippen LogP contribution in [-0.2, 0) is 7.05 Å². The topological polar surface area (TPSA) is 43.8 Å². The second kappa shape index (κ2) is 4.76. The average molecular weight is 319 g/mol. The highest BCUT2D eigenvalue weighted by atomic mass is 79.9. The number of nitrogens with two attached hydrogens (primary N) is 1. The molecule has 0 radical (unpaired) electrons. The minimum Gasteiger partial charge on any atom is -0.336 e. The third-order valence-corrected chi connectivity index (χ3v) is 3.80. The van der Waals surface area contributed by atoms with Crippen molar-refractivity contribution in [2.45, 2.75) is 6.04 Å². The molecule has 0 aliphatic heterocycles. The molecule has 0 aliphatic carbocycles. The van der Waals surface area contributed by atoms with E-state index >= 15 is 0 Å². The maximum atomic E-state index is 14.0. The summed E-state index contributed by atoms with van der Waals surface area (Å²) in [5.41, 5.74) is 6.31. The van der Waals surface area contributed by atoms with Gasteiger partial charge in [-0.1, -0.05) is 17.7 Å². The van der Waals surface area contributed by atoms with Gasteiger partial charge in [-0.25, -0.2) is 9.37 Å². The third kappa shape index (κ3) is 2.22. The number of imidazole rings is 1. The Bertz CT molecular complexity index is 556. The summed E-state index contributed by atoms with van der Waals surface area (Å²) >= 11 is 8.98. The molecule has 2 N–H and O–H groups in total. The predicted molar refractivity (Wildman–Crippen MR) is 68.3 cm³/mol. The van der Waals surface area contributed by atoms with Gasteiger partial charge in [-0.3, -0.25) is 0 Å². The smallest absolute Gasteiger partial charge is 0.148 e. The molecule has 0 spiro atoms. The summed E-state index contributed by atoms with van der Waals surface area (Å²) in [6.07, 6.45) is 3.38. The van der Waals surface area contributed by atoms with Crippen molar-refractivity contribution in [3.05, 3.63) is 51.2 Å². The summed E-state index contributed by atoms with van der Waals surface area (Å²) in [6.45, 7) is 0. The maximum Gasteiger partial charge on any atom is 0.148 e. The minimum absolute atomic E-state index is 0.0344. The summed E-state index contributed by atoms with van der Waals surface area (Å²) in [5.74, 6) is 0.0684. The van der Waals surface area contributed by atoms with Gasteiger partial charge in [0.1, 0.15) is 11.6 Å². The Morgan fingerprint density at radius 3 is 2.82 bits per heavy atom. The van der Waals surface area contributed by atoms with Crippen LogP contribution in [0, 0.1) is 5.82 Å². The first-order valence-electron chi connectivity index (χ1n) is 4.88. The van der Waals surface area contributed by atoms with Crippen molar-refractivity contribution in [1.29, 1.82) is 0 Å². The molecule has 6 heteroatoms. The Morgan fingerprint density at radius 2 is 2.24 bits per heavy atom. The fourth-order valence-corrected chi connectivity index (χ4v) is 2.08. The van der Waals surface area contributed by atoms with E-state index in [9.17, 15) is 4.39 Å². The lowest BCUT2D eigenvalue weighted by Crippen LogP contribution is -2.18. The highest BCUT2D eigenvalue weighted by Crippen LogP contribution is 2.31. The lowest BCUT2D eigenvalue weighted by molar-refractivity contribution is 0.588. The molecule has 1 heterocycles. The summed E-state index contributed by atoms with van der Waals surface area (Å²) in [6, 6.07) is 2.63. The quantitative estimate of drug-likeness (QED) is 0.865. The van der Waals surface area contributed by atoms with Gasteiger partial charge >= 0.3 is 0 Å². The zero-order valence-electron chi connectivity index (χ0n) is 8.99. The van der Waals surface area contributed by atoms with E-state index in [-0.39, 0.29) is 5.02 Å². The predicted octanol–water partition coefficient (Wildman–Crippen LogP) is 3.02. The molecule has 90 valence electrons. The second-order valence-electron chi connectivity index (χ2n) is 3.64. The van der Waals surface area contributed by atoms with Gasteiger partial charge in [0.05, 0.1) is 11.1 Å². The van der Waals surface area contributed by atoms with Crippen molar-refractivity contribution in [2.24, 2.45) is 12.8 Å². The van der Waals surface area contributed by atoms with E-state index in [0.29, 0.717) is 15.9 Å². The number of aryl methyl sites for hydroxylation is 1. The Kier molecular flexibility index (Phi) is 3.51. The highest BCUT2D eigenvalue weighted by Gasteiger charge is 2.20. The molecule has 2 aromatic rings. The highest BCUT2D eigenvalue weighted by molar-refractivity contribution is 9.10. The first kappa shape index (κ1) is 12.5. The minimum atomic E-state index is -0.638. The van der Waals surface area contributed by atoms with Crippen LogP contribution in [0.25, 0.3) is 0 Å². The normalized spacial score (nSPS) is 12.8. The molecular formula is C11H10BrClFN3. The number of rotatable bonds is 2. The number of aromatic nitrogens is 2. The van der Waals surface area contributed by atoms with Gasteiger partial charge in [0.15, 0.2) is 0 Å². The Labute approximate surface area is 112 Å². The Balaban J connectivity index is 2.48. The number of nitrogens with zero attached hydrogens (tertiary/aromatic N) is 2. The van der Waals surface area contributed by atoms with E-state index in [0.717, 1.165) is 0 Å². The number of hydrogen-bond donors (Lipinski definition) is 1. The van der Waals surface area contributed by atoms with Gasteiger partial charge in [-0.2, -0.15) is 0 Å². The van der Waals surface area contributed by atoms with Gasteiger partial charge in [-0.15, -0.1) is 0 Å². The van der Waals surface area contributed by atoms with E-state index in [2.05, 4.69) is 20.9 Å². The number of halogens is 3. The zero-order chi connectivity index (χ0) is 12.6. The van der Waals surface area contributed by atoms with Crippen LogP contribution in [0.3, 0.4) is 0 Å². The van der Waals surface area contributed by atoms with Crippen LogP contribution in [0.5, 0.6) is 0 Å². The van der Waals surface area contributed by atoms with Crippen LogP contribution in [0.1, 0.15) is 17.4 Å². The van der Waals surface area contributed by atoms with Crippen molar-refractivity contribution >= 4 is 27.5 Å². The molecule has 0 aliphatic rings. The molecule has 2 rings (SSSR count). The molecule has 17 heavy (non-hydrogen) atoms.